The molecule has 2 rings (SSSR count). The predicted molar refractivity (Wildman–Crippen MR) is 142 cm³/mol. The number of thiol groups is 1. The molecule has 0 aliphatic rings. The minimum Gasteiger partial charge on any atom is -0.480 e. The first-order valence-corrected chi connectivity index (χ1v) is 12.7. The van der Waals surface area contributed by atoms with Crippen molar-refractivity contribution in [3.63, 3.8) is 0 Å². The van der Waals surface area contributed by atoms with Gasteiger partial charge >= 0.3 is 5.97 Å². The molecule has 0 aliphatic carbocycles. The number of fused-ring (bicyclic) bond motifs is 1. The highest BCUT2D eigenvalue weighted by Gasteiger charge is 2.33. The lowest BCUT2D eigenvalue weighted by Gasteiger charge is -2.28. The third-order valence-corrected chi connectivity index (χ3v) is 6.66. The van der Waals surface area contributed by atoms with Gasteiger partial charge in [-0.3, -0.25) is 14.4 Å². The van der Waals surface area contributed by atoms with Crippen LogP contribution in [0.2, 0.25) is 0 Å². The first kappa shape index (κ1) is 29.2. The number of carboxylic acids is 1. The Bertz CT molecular complexity index is 1070. The molecule has 0 fully saturated rings. The van der Waals surface area contributed by atoms with E-state index in [1.54, 1.807) is 27.0 Å². The van der Waals surface area contributed by atoms with Crippen molar-refractivity contribution in [1.29, 1.82) is 0 Å². The number of aromatic nitrogens is 1. The van der Waals surface area contributed by atoms with E-state index in [1.807, 2.05) is 31.2 Å². The van der Waals surface area contributed by atoms with E-state index in [0.29, 0.717) is 6.42 Å². The number of rotatable bonds is 13. The quantitative estimate of drug-likeness (QED) is 0.196. The second-order valence-corrected chi connectivity index (χ2v) is 9.72. The maximum atomic E-state index is 13.0. The van der Waals surface area contributed by atoms with Crippen LogP contribution in [0.15, 0.2) is 30.5 Å². The minimum absolute atomic E-state index is 0.0179. The van der Waals surface area contributed by atoms with E-state index < -0.39 is 47.9 Å². The van der Waals surface area contributed by atoms with E-state index in [2.05, 4.69) is 33.6 Å². The first-order chi connectivity index (χ1) is 17.0. The van der Waals surface area contributed by atoms with Crippen LogP contribution < -0.4 is 21.7 Å². The number of carbonyl (C=O) groups excluding carboxylic acids is 3. The van der Waals surface area contributed by atoms with Crippen LogP contribution in [0.25, 0.3) is 10.9 Å². The fourth-order valence-corrected chi connectivity index (χ4v) is 4.07. The molecule has 1 aromatic carbocycles. The maximum absolute atomic E-state index is 13.0. The fourth-order valence-electron chi connectivity index (χ4n) is 3.82. The fraction of sp³-hybridized carbons (Fsp3) is 0.520. The third kappa shape index (κ3) is 7.47. The largest absolute Gasteiger partial charge is 0.480 e. The van der Waals surface area contributed by atoms with E-state index in [-0.39, 0.29) is 24.0 Å². The molecule has 0 saturated carbocycles. The summed E-state index contributed by atoms with van der Waals surface area (Å²) in [6.45, 7) is 7.00. The van der Waals surface area contributed by atoms with Gasteiger partial charge in [-0.15, -0.1) is 0 Å². The van der Waals surface area contributed by atoms with Crippen molar-refractivity contribution in [2.75, 3.05) is 5.75 Å². The summed E-state index contributed by atoms with van der Waals surface area (Å²) in [5, 5.41) is 18.2. The number of para-hydroxylation sites is 1. The second kappa shape index (κ2) is 13.3. The summed E-state index contributed by atoms with van der Waals surface area (Å²) in [5.41, 5.74) is 7.95. The number of benzene rings is 1. The molecule has 0 radical (unpaired) electrons. The number of hydrogen-bond donors (Lipinski definition) is 7. The number of nitrogens with one attached hydrogen (secondary N) is 4. The van der Waals surface area contributed by atoms with E-state index in [4.69, 9.17) is 5.73 Å². The molecule has 36 heavy (non-hydrogen) atoms. The Morgan fingerprint density at radius 1 is 1.00 bits per heavy atom. The van der Waals surface area contributed by atoms with Crippen molar-refractivity contribution in [3.05, 3.63) is 36.0 Å². The number of carboxylic acid groups (broad SMARTS) is 1. The van der Waals surface area contributed by atoms with Gasteiger partial charge in [-0.05, 0) is 29.9 Å². The lowest BCUT2D eigenvalue weighted by Crippen LogP contribution is -2.59. The number of aromatic amines is 1. The minimum atomic E-state index is -1.16. The molecular weight excluding hydrogens is 482 g/mol. The van der Waals surface area contributed by atoms with Gasteiger partial charge < -0.3 is 31.8 Å². The molecule has 0 bridgehead atoms. The Morgan fingerprint density at radius 2 is 1.64 bits per heavy atom. The van der Waals surface area contributed by atoms with Crippen LogP contribution in [0.3, 0.4) is 0 Å². The molecule has 1 heterocycles. The average Bonchev–Trinajstić information content (AvgIpc) is 3.25. The molecular formula is C25H37N5O5S. The normalized spacial score (nSPS) is 15.5. The van der Waals surface area contributed by atoms with E-state index in [1.165, 1.54) is 0 Å². The predicted octanol–water partition coefficient (Wildman–Crippen LogP) is 1.21. The molecule has 1 aromatic heterocycles. The summed E-state index contributed by atoms with van der Waals surface area (Å²) in [7, 11) is 0. The maximum Gasteiger partial charge on any atom is 0.326 e. The topological polar surface area (TPSA) is 166 Å². The second-order valence-electron chi connectivity index (χ2n) is 9.35. The lowest BCUT2D eigenvalue weighted by atomic mass is 9.96. The van der Waals surface area contributed by atoms with Gasteiger partial charge in [0.2, 0.25) is 17.7 Å². The molecule has 5 unspecified atom stereocenters. The summed E-state index contributed by atoms with van der Waals surface area (Å²) < 4.78 is 0. The summed E-state index contributed by atoms with van der Waals surface area (Å²) in [5.74, 6) is -3.52. The van der Waals surface area contributed by atoms with Crippen molar-refractivity contribution < 1.29 is 24.3 Å². The van der Waals surface area contributed by atoms with Crippen LogP contribution in [0.1, 0.15) is 39.7 Å². The summed E-state index contributed by atoms with van der Waals surface area (Å²) in [6, 6.07) is 3.65. The number of carbonyl (C=O) groups is 4. The zero-order valence-corrected chi connectivity index (χ0v) is 22.0. The van der Waals surface area contributed by atoms with Crippen LogP contribution in [-0.4, -0.2) is 63.7 Å². The van der Waals surface area contributed by atoms with Gasteiger partial charge in [-0.1, -0.05) is 52.3 Å². The van der Waals surface area contributed by atoms with E-state index in [0.717, 1.165) is 16.5 Å². The Balaban J connectivity index is 2.06. The Hall–Kier alpha value is -3.05. The molecule has 2 aromatic rings. The van der Waals surface area contributed by atoms with Crippen molar-refractivity contribution in [1.82, 2.24) is 20.9 Å². The summed E-state index contributed by atoms with van der Waals surface area (Å²) in [6.07, 6.45) is 2.63. The molecule has 0 spiro atoms. The standard InChI is InChI=1S/C25H37N5O5S/c1-5-14(4)21(24(33)29-20(13(2)3)25(34)35)30-23(32)19(12-36)28-22(31)17(26)10-15-11-27-18-9-7-6-8-16(15)18/h6-9,11,13-14,17,19-21,27,36H,5,10,12,26H2,1-4H3,(H,28,31)(H,29,33)(H,30,32)(H,34,35). The van der Waals surface area contributed by atoms with Crippen LogP contribution >= 0.6 is 12.6 Å². The molecule has 3 amide bonds. The van der Waals surface area contributed by atoms with Gasteiger partial charge in [-0.2, -0.15) is 12.6 Å². The smallest absolute Gasteiger partial charge is 0.326 e. The monoisotopic (exact) mass is 519 g/mol. The average molecular weight is 520 g/mol. The third-order valence-electron chi connectivity index (χ3n) is 6.29. The number of H-pyrrole nitrogens is 1. The highest BCUT2D eigenvalue weighted by molar-refractivity contribution is 7.80. The van der Waals surface area contributed by atoms with Crippen molar-refractivity contribution in [3.8, 4) is 0 Å². The zero-order chi connectivity index (χ0) is 27.0. The zero-order valence-electron chi connectivity index (χ0n) is 21.1. The Morgan fingerprint density at radius 3 is 2.22 bits per heavy atom. The van der Waals surface area contributed by atoms with E-state index in [9.17, 15) is 24.3 Å². The van der Waals surface area contributed by atoms with Gasteiger partial charge in [-0.25, -0.2) is 4.79 Å². The van der Waals surface area contributed by atoms with Crippen LogP contribution in [0.4, 0.5) is 0 Å². The number of aliphatic carboxylic acids is 1. The van der Waals surface area contributed by atoms with Gasteiger partial charge in [0.05, 0.1) is 6.04 Å². The molecule has 10 nitrogen and oxygen atoms in total. The lowest BCUT2D eigenvalue weighted by molar-refractivity contribution is -0.144. The van der Waals surface area contributed by atoms with Gasteiger partial charge in [0.25, 0.3) is 0 Å². The van der Waals surface area contributed by atoms with Crippen LogP contribution in [0, 0.1) is 11.8 Å². The number of amides is 3. The van der Waals surface area contributed by atoms with Crippen LogP contribution in [0.5, 0.6) is 0 Å². The highest BCUT2D eigenvalue weighted by Crippen LogP contribution is 2.19. The first-order valence-electron chi connectivity index (χ1n) is 12.0. The molecule has 198 valence electrons. The van der Waals surface area contributed by atoms with Gasteiger partial charge in [0, 0.05) is 22.9 Å². The molecule has 11 heteroatoms. The van der Waals surface area contributed by atoms with Gasteiger partial charge in [0.15, 0.2) is 0 Å². The van der Waals surface area contributed by atoms with Crippen molar-refractivity contribution in [2.24, 2.45) is 17.6 Å². The number of nitrogens with two attached hydrogens (primary N) is 1. The molecule has 5 atom stereocenters. The summed E-state index contributed by atoms with van der Waals surface area (Å²) in [4.78, 5) is 53.3. The van der Waals surface area contributed by atoms with Crippen LogP contribution in [-0.2, 0) is 25.6 Å². The van der Waals surface area contributed by atoms with E-state index >= 15 is 0 Å². The highest BCUT2D eigenvalue weighted by atomic mass is 32.1. The Kier molecular flexibility index (Phi) is 10.8. The summed E-state index contributed by atoms with van der Waals surface area (Å²) >= 11 is 4.19. The van der Waals surface area contributed by atoms with Crippen molar-refractivity contribution in [2.45, 2.75) is 64.7 Å². The molecule has 7 N–H and O–H groups in total. The Labute approximate surface area is 216 Å². The van der Waals surface area contributed by atoms with Crippen molar-refractivity contribution >= 4 is 47.2 Å². The number of hydrogen-bond acceptors (Lipinski definition) is 6. The SMILES string of the molecule is CCC(C)C(NC(=O)C(CS)NC(=O)C(N)Cc1c[nH]c2ccccc12)C(=O)NC(C(=O)O)C(C)C. The molecule has 0 saturated heterocycles. The molecule has 0 aliphatic heterocycles. The van der Waals surface area contributed by atoms with Gasteiger partial charge in [0.1, 0.15) is 18.1 Å².